The summed E-state index contributed by atoms with van der Waals surface area (Å²) in [5, 5.41) is 7.95. The smallest absolute Gasteiger partial charge is 0.322 e. The summed E-state index contributed by atoms with van der Waals surface area (Å²) in [5.41, 5.74) is 0.764. The highest BCUT2D eigenvalue weighted by atomic mass is 16.2. The monoisotopic (exact) mass is 348 g/mol. The van der Waals surface area contributed by atoms with Crippen LogP contribution >= 0.6 is 0 Å². The van der Waals surface area contributed by atoms with Crippen molar-refractivity contribution in [1.29, 1.82) is 0 Å². The fraction of sp³-hybridized carbons (Fsp3) is 0.800. The van der Waals surface area contributed by atoms with E-state index in [9.17, 15) is 4.79 Å². The molecule has 0 saturated carbocycles. The minimum atomic E-state index is -0.185. The van der Waals surface area contributed by atoms with Gasteiger partial charge in [-0.05, 0) is 40.0 Å². The van der Waals surface area contributed by atoms with E-state index < -0.39 is 0 Å². The molecule has 2 rings (SSSR count). The Labute approximate surface area is 153 Å². The number of rotatable bonds is 2. The summed E-state index contributed by atoms with van der Waals surface area (Å²) >= 11 is 0. The van der Waals surface area contributed by atoms with Crippen molar-refractivity contribution < 1.29 is 4.79 Å². The van der Waals surface area contributed by atoms with Crippen LogP contribution in [0.1, 0.15) is 86.3 Å². The number of carbonyl (C=O) groups excluding carboxylic acids is 1. The lowest BCUT2D eigenvalue weighted by molar-refractivity contribution is 0.186. The maximum Gasteiger partial charge on any atom is 0.323 e. The molecule has 2 amide bonds. The first-order chi connectivity index (χ1) is 11.5. The van der Waals surface area contributed by atoms with Crippen molar-refractivity contribution in [2.45, 2.75) is 97.6 Å². The van der Waals surface area contributed by atoms with Gasteiger partial charge < -0.3 is 4.90 Å². The molecule has 0 aromatic carbocycles. The first-order valence-electron chi connectivity index (χ1n) is 9.72. The van der Waals surface area contributed by atoms with Crippen LogP contribution in [0.5, 0.6) is 0 Å². The van der Waals surface area contributed by atoms with E-state index in [1.54, 1.807) is 0 Å². The maximum atomic E-state index is 13.0. The molecule has 0 spiro atoms. The molecular weight excluding hydrogens is 312 g/mol. The van der Waals surface area contributed by atoms with Gasteiger partial charge in [0.2, 0.25) is 0 Å². The topological polar surface area (TPSA) is 50.2 Å². The molecule has 1 aromatic rings. The average Bonchev–Trinajstić information content (AvgIpc) is 2.78. The predicted molar refractivity (Wildman–Crippen MR) is 104 cm³/mol. The second-order valence-corrected chi connectivity index (χ2v) is 9.28. The van der Waals surface area contributed by atoms with Gasteiger partial charge in [0.15, 0.2) is 0 Å². The van der Waals surface area contributed by atoms with Crippen LogP contribution in [0.3, 0.4) is 0 Å². The third kappa shape index (κ3) is 4.77. The molecule has 0 aliphatic carbocycles. The molecule has 1 atom stereocenters. The van der Waals surface area contributed by atoms with Crippen molar-refractivity contribution in [2.24, 2.45) is 0 Å². The van der Waals surface area contributed by atoms with Crippen LogP contribution in [0.25, 0.3) is 0 Å². The van der Waals surface area contributed by atoms with Gasteiger partial charge in [-0.1, -0.05) is 40.5 Å². The van der Waals surface area contributed by atoms with E-state index in [1.807, 2.05) is 15.6 Å². The number of aromatic nitrogens is 2. The SMILES string of the molecule is CC[C@H]1CCCCCN1C(=O)Nc1cc(C(C)(C)C)nn1C(C)(C)C. The molecule has 142 valence electrons. The van der Waals surface area contributed by atoms with Crippen molar-refractivity contribution in [1.82, 2.24) is 14.7 Å². The Bertz CT molecular complexity index is 592. The van der Waals surface area contributed by atoms with Gasteiger partial charge in [-0.2, -0.15) is 5.10 Å². The Morgan fingerprint density at radius 3 is 2.44 bits per heavy atom. The largest absolute Gasteiger partial charge is 0.323 e. The van der Waals surface area contributed by atoms with Crippen molar-refractivity contribution >= 4 is 11.8 Å². The van der Waals surface area contributed by atoms with Gasteiger partial charge in [0.1, 0.15) is 5.82 Å². The van der Waals surface area contributed by atoms with Crippen molar-refractivity contribution in [2.75, 3.05) is 11.9 Å². The van der Waals surface area contributed by atoms with Crippen LogP contribution in [0, 0.1) is 0 Å². The molecule has 1 aliphatic rings. The Balaban J connectivity index is 2.28. The lowest BCUT2D eigenvalue weighted by Gasteiger charge is -2.30. The minimum absolute atomic E-state index is 0.0135. The zero-order valence-electron chi connectivity index (χ0n) is 17.1. The summed E-state index contributed by atoms with van der Waals surface area (Å²) in [6.07, 6.45) is 5.65. The fourth-order valence-corrected chi connectivity index (χ4v) is 3.40. The number of nitrogens with one attached hydrogen (secondary N) is 1. The third-order valence-electron chi connectivity index (χ3n) is 4.96. The van der Waals surface area contributed by atoms with E-state index >= 15 is 0 Å². The van der Waals surface area contributed by atoms with Gasteiger partial charge in [-0.25, -0.2) is 9.48 Å². The molecule has 25 heavy (non-hydrogen) atoms. The summed E-state index contributed by atoms with van der Waals surface area (Å²) < 4.78 is 1.95. The Morgan fingerprint density at radius 2 is 1.88 bits per heavy atom. The summed E-state index contributed by atoms with van der Waals surface area (Å²) in [6.45, 7) is 15.8. The van der Waals surface area contributed by atoms with Gasteiger partial charge in [0.05, 0.1) is 11.2 Å². The van der Waals surface area contributed by atoms with Gasteiger partial charge in [0, 0.05) is 24.1 Å². The maximum absolute atomic E-state index is 13.0. The molecule has 5 nitrogen and oxygen atoms in total. The Morgan fingerprint density at radius 1 is 1.20 bits per heavy atom. The van der Waals surface area contributed by atoms with E-state index in [-0.39, 0.29) is 17.0 Å². The normalized spacial score (nSPS) is 19.6. The molecule has 2 heterocycles. The fourth-order valence-electron chi connectivity index (χ4n) is 3.40. The van der Waals surface area contributed by atoms with E-state index in [0.717, 1.165) is 37.3 Å². The van der Waals surface area contributed by atoms with Crippen LogP contribution in [0.4, 0.5) is 10.6 Å². The predicted octanol–water partition coefficient (Wildman–Crippen LogP) is 5.12. The lowest BCUT2D eigenvalue weighted by Crippen LogP contribution is -2.43. The Hall–Kier alpha value is -1.52. The van der Waals surface area contributed by atoms with E-state index in [4.69, 9.17) is 5.10 Å². The number of amides is 2. The number of likely N-dealkylation sites (tertiary alicyclic amines) is 1. The van der Waals surface area contributed by atoms with Gasteiger partial charge >= 0.3 is 6.03 Å². The highest BCUT2D eigenvalue weighted by molar-refractivity contribution is 5.88. The summed E-state index contributed by atoms with van der Waals surface area (Å²) in [7, 11) is 0. The molecule has 1 N–H and O–H groups in total. The molecule has 1 fully saturated rings. The second-order valence-electron chi connectivity index (χ2n) is 9.28. The molecule has 1 aliphatic heterocycles. The highest BCUT2D eigenvalue weighted by Crippen LogP contribution is 2.29. The van der Waals surface area contributed by atoms with Gasteiger partial charge in [-0.3, -0.25) is 5.32 Å². The van der Waals surface area contributed by atoms with Gasteiger partial charge in [-0.15, -0.1) is 0 Å². The molecule has 0 bridgehead atoms. The Kier molecular flexibility index (Phi) is 5.85. The van der Waals surface area contributed by atoms with E-state index in [1.165, 1.54) is 12.8 Å². The number of urea groups is 1. The van der Waals surface area contributed by atoms with E-state index in [0.29, 0.717) is 6.04 Å². The standard InChI is InChI=1S/C20H36N4O/c1-8-15-12-10-9-11-13-23(15)18(25)21-17-14-16(19(2,3)4)22-24(17)20(5,6)7/h14-15H,8-13H2,1-7H3,(H,21,25)/t15-/m0/s1. The number of carbonyl (C=O) groups is 1. The summed E-state index contributed by atoms with van der Waals surface area (Å²) in [5.74, 6) is 0.793. The average molecular weight is 349 g/mol. The lowest BCUT2D eigenvalue weighted by atomic mass is 9.92. The first-order valence-corrected chi connectivity index (χ1v) is 9.72. The van der Waals surface area contributed by atoms with Crippen LogP contribution in [0.15, 0.2) is 6.07 Å². The quantitative estimate of drug-likeness (QED) is 0.806. The van der Waals surface area contributed by atoms with E-state index in [2.05, 4.69) is 53.8 Å². The first kappa shape index (κ1) is 19.8. The summed E-state index contributed by atoms with van der Waals surface area (Å²) in [6, 6.07) is 2.39. The van der Waals surface area contributed by atoms with Crippen LogP contribution in [-0.4, -0.2) is 33.3 Å². The number of hydrogen-bond donors (Lipinski definition) is 1. The molecule has 0 unspecified atom stereocenters. The summed E-state index contributed by atoms with van der Waals surface area (Å²) in [4.78, 5) is 15.0. The van der Waals surface area contributed by atoms with Crippen LogP contribution < -0.4 is 5.32 Å². The van der Waals surface area contributed by atoms with Crippen molar-refractivity contribution in [3.05, 3.63) is 11.8 Å². The number of anilines is 1. The van der Waals surface area contributed by atoms with Crippen molar-refractivity contribution in [3.63, 3.8) is 0 Å². The van der Waals surface area contributed by atoms with Crippen molar-refractivity contribution in [3.8, 4) is 0 Å². The second kappa shape index (κ2) is 7.38. The molecule has 1 aromatic heterocycles. The minimum Gasteiger partial charge on any atom is -0.322 e. The van der Waals surface area contributed by atoms with Gasteiger partial charge in [0.25, 0.3) is 0 Å². The van der Waals surface area contributed by atoms with Crippen LogP contribution in [0.2, 0.25) is 0 Å². The van der Waals surface area contributed by atoms with Crippen LogP contribution in [-0.2, 0) is 11.0 Å². The molecule has 1 saturated heterocycles. The zero-order valence-corrected chi connectivity index (χ0v) is 17.1. The highest BCUT2D eigenvalue weighted by Gasteiger charge is 2.28. The number of nitrogens with zero attached hydrogens (tertiary/aromatic N) is 3. The number of hydrogen-bond acceptors (Lipinski definition) is 2. The molecular formula is C20H36N4O. The zero-order chi connectivity index (χ0) is 18.8. The molecule has 0 radical (unpaired) electrons. The molecule has 5 heteroatoms. The third-order valence-corrected chi connectivity index (χ3v) is 4.96.